The minimum atomic E-state index is 0.0754. The van der Waals surface area contributed by atoms with Gasteiger partial charge in [-0.3, -0.25) is 0 Å². The van der Waals surface area contributed by atoms with Gasteiger partial charge in [-0.25, -0.2) is 9.97 Å². The maximum absolute atomic E-state index is 4.54. The van der Waals surface area contributed by atoms with E-state index in [0.29, 0.717) is 0 Å². The number of halogens is 1. The number of anilines is 1. The Morgan fingerprint density at radius 1 is 1.24 bits per heavy atom. The van der Waals surface area contributed by atoms with Crippen molar-refractivity contribution >= 4 is 21.7 Å². The van der Waals surface area contributed by atoms with Crippen molar-refractivity contribution in [3.8, 4) is 0 Å². The highest BCUT2D eigenvalue weighted by Crippen LogP contribution is 2.20. The first kappa shape index (κ1) is 14.4. The van der Waals surface area contributed by atoms with Gasteiger partial charge in [0.25, 0.3) is 0 Å². The summed E-state index contributed by atoms with van der Waals surface area (Å²) in [5.74, 6) is 1.81. The summed E-state index contributed by atoms with van der Waals surface area (Å²) in [5.41, 5.74) is 0.0754. The van der Waals surface area contributed by atoms with Crippen molar-refractivity contribution < 1.29 is 0 Å². The van der Waals surface area contributed by atoms with Crippen molar-refractivity contribution in [1.82, 2.24) is 9.97 Å². The molecule has 1 aromatic rings. The lowest BCUT2D eigenvalue weighted by molar-refractivity contribution is 0.508. The predicted molar refractivity (Wildman–Crippen MR) is 76.3 cm³/mol. The van der Waals surface area contributed by atoms with Gasteiger partial charge in [-0.15, -0.1) is 0 Å². The average Bonchev–Trinajstić information content (AvgIpc) is 2.15. The van der Waals surface area contributed by atoms with E-state index in [-0.39, 0.29) is 5.54 Å². The Labute approximate surface area is 113 Å². The highest BCUT2D eigenvalue weighted by atomic mass is 79.9. The Balaban J connectivity index is 2.83. The van der Waals surface area contributed by atoms with Crippen molar-refractivity contribution in [2.24, 2.45) is 0 Å². The zero-order valence-electron chi connectivity index (χ0n) is 11.2. The van der Waals surface area contributed by atoms with Crippen molar-refractivity contribution in [3.63, 3.8) is 0 Å². The first-order valence-corrected chi connectivity index (χ1v) is 7.08. The van der Waals surface area contributed by atoms with E-state index in [0.717, 1.165) is 41.9 Å². The molecule has 1 heterocycles. The minimum Gasteiger partial charge on any atom is -0.365 e. The third kappa shape index (κ3) is 5.02. The molecule has 0 bridgehead atoms. The molecule has 0 aliphatic rings. The molecule has 0 aromatic carbocycles. The van der Waals surface area contributed by atoms with E-state index in [1.165, 1.54) is 0 Å². The fourth-order valence-corrected chi connectivity index (χ4v) is 2.32. The number of hydrogen-bond acceptors (Lipinski definition) is 3. The Morgan fingerprint density at radius 3 is 2.53 bits per heavy atom. The highest BCUT2D eigenvalue weighted by Gasteiger charge is 2.17. The summed E-state index contributed by atoms with van der Waals surface area (Å²) in [6.07, 6.45) is 4.27. The summed E-state index contributed by atoms with van der Waals surface area (Å²) in [5, 5.41) is 3.48. The monoisotopic (exact) mass is 299 g/mol. The van der Waals surface area contributed by atoms with Gasteiger partial charge in [-0.2, -0.15) is 0 Å². The molecule has 1 rings (SSSR count). The molecule has 0 atom stereocenters. The summed E-state index contributed by atoms with van der Waals surface area (Å²) < 4.78 is 0.853. The van der Waals surface area contributed by atoms with Gasteiger partial charge in [0.1, 0.15) is 16.2 Å². The second kappa shape index (κ2) is 6.34. The van der Waals surface area contributed by atoms with Gasteiger partial charge < -0.3 is 5.32 Å². The standard InChI is InChI=1S/C13H22BrN3/c1-5-7-11-15-10(14)9-12(16-11)17-13(3,4)8-6-2/h9H,5-8H2,1-4H3,(H,15,16,17). The molecule has 3 nitrogen and oxygen atoms in total. The molecular weight excluding hydrogens is 278 g/mol. The van der Waals surface area contributed by atoms with Crippen LogP contribution in [0, 0.1) is 0 Å². The quantitative estimate of drug-likeness (QED) is 0.801. The van der Waals surface area contributed by atoms with Crippen LogP contribution in [0.2, 0.25) is 0 Å². The van der Waals surface area contributed by atoms with E-state index >= 15 is 0 Å². The Kier molecular flexibility index (Phi) is 5.37. The van der Waals surface area contributed by atoms with Crippen molar-refractivity contribution in [3.05, 3.63) is 16.5 Å². The van der Waals surface area contributed by atoms with Gasteiger partial charge in [0.15, 0.2) is 0 Å². The van der Waals surface area contributed by atoms with E-state index in [2.05, 4.69) is 58.9 Å². The first-order chi connectivity index (χ1) is 7.96. The molecular formula is C13H22BrN3. The highest BCUT2D eigenvalue weighted by molar-refractivity contribution is 9.10. The Bertz CT molecular complexity index is 364. The normalized spacial score (nSPS) is 11.6. The third-order valence-electron chi connectivity index (χ3n) is 2.56. The fraction of sp³-hybridized carbons (Fsp3) is 0.692. The van der Waals surface area contributed by atoms with Crippen LogP contribution in [0.1, 0.15) is 52.8 Å². The SMILES string of the molecule is CCCc1nc(Br)cc(NC(C)(C)CCC)n1. The Morgan fingerprint density at radius 2 is 1.94 bits per heavy atom. The molecule has 0 amide bonds. The van der Waals surface area contributed by atoms with E-state index in [4.69, 9.17) is 0 Å². The third-order valence-corrected chi connectivity index (χ3v) is 2.96. The number of hydrogen-bond donors (Lipinski definition) is 1. The Hall–Kier alpha value is -0.640. The van der Waals surface area contributed by atoms with Crippen molar-refractivity contribution in [1.29, 1.82) is 0 Å². The lowest BCUT2D eigenvalue weighted by atomic mass is 9.99. The fourth-order valence-electron chi connectivity index (χ4n) is 1.90. The van der Waals surface area contributed by atoms with Crippen LogP contribution >= 0.6 is 15.9 Å². The molecule has 96 valence electrons. The number of rotatable bonds is 6. The van der Waals surface area contributed by atoms with Crippen LogP contribution in [0.25, 0.3) is 0 Å². The molecule has 1 N–H and O–H groups in total. The van der Waals surface area contributed by atoms with Gasteiger partial charge in [0.05, 0.1) is 0 Å². The minimum absolute atomic E-state index is 0.0754. The number of aryl methyl sites for hydroxylation is 1. The van der Waals surface area contributed by atoms with Crippen LogP contribution in [0.15, 0.2) is 10.7 Å². The topological polar surface area (TPSA) is 37.8 Å². The predicted octanol–water partition coefficient (Wildman–Crippen LogP) is 4.18. The van der Waals surface area contributed by atoms with E-state index in [1.807, 2.05) is 6.07 Å². The van der Waals surface area contributed by atoms with Gasteiger partial charge in [-0.1, -0.05) is 20.3 Å². The van der Waals surface area contributed by atoms with Crippen LogP contribution in [-0.2, 0) is 6.42 Å². The molecule has 0 radical (unpaired) electrons. The molecule has 1 aromatic heterocycles. The number of nitrogens with zero attached hydrogens (tertiary/aromatic N) is 2. The van der Waals surface area contributed by atoms with Crippen LogP contribution in [0.5, 0.6) is 0 Å². The molecule has 0 saturated carbocycles. The zero-order valence-corrected chi connectivity index (χ0v) is 12.8. The zero-order chi connectivity index (χ0) is 12.9. The molecule has 0 spiro atoms. The number of nitrogens with one attached hydrogen (secondary N) is 1. The lowest BCUT2D eigenvalue weighted by Gasteiger charge is -2.26. The summed E-state index contributed by atoms with van der Waals surface area (Å²) >= 11 is 3.44. The van der Waals surface area contributed by atoms with E-state index in [9.17, 15) is 0 Å². The molecule has 17 heavy (non-hydrogen) atoms. The van der Waals surface area contributed by atoms with Gasteiger partial charge in [0.2, 0.25) is 0 Å². The summed E-state index contributed by atoms with van der Waals surface area (Å²) in [6.45, 7) is 8.73. The van der Waals surface area contributed by atoms with Crippen molar-refractivity contribution in [2.45, 2.75) is 58.9 Å². The summed E-state index contributed by atoms with van der Waals surface area (Å²) in [4.78, 5) is 8.90. The van der Waals surface area contributed by atoms with E-state index in [1.54, 1.807) is 0 Å². The maximum Gasteiger partial charge on any atom is 0.132 e. The van der Waals surface area contributed by atoms with Gasteiger partial charge >= 0.3 is 0 Å². The smallest absolute Gasteiger partial charge is 0.132 e. The van der Waals surface area contributed by atoms with Crippen molar-refractivity contribution in [2.75, 3.05) is 5.32 Å². The largest absolute Gasteiger partial charge is 0.365 e. The molecule has 0 aliphatic heterocycles. The first-order valence-electron chi connectivity index (χ1n) is 6.28. The summed E-state index contributed by atoms with van der Waals surface area (Å²) in [6, 6.07) is 1.94. The molecule has 0 fully saturated rings. The van der Waals surface area contributed by atoms with Crippen LogP contribution in [-0.4, -0.2) is 15.5 Å². The maximum atomic E-state index is 4.54. The van der Waals surface area contributed by atoms with Crippen LogP contribution < -0.4 is 5.32 Å². The lowest BCUT2D eigenvalue weighted by Crippen LogP contribution is -2.31. The van der Waals surface area contributed by atoms with Crippen LogP contribution in [0.4, 0.5) is 5.82 Å². The van der Waals surface area contributed by atoms with Gasteiger partial charge in [0, 0.05) is 18.0 Å². The second-order valence-corrected chi connectivity index (χ2v) is 5.81. The second-order valence-electron chi connectivity index (χ2n) is 5.00. The molecule has 0 aliphatic carbocycles. The molecule has 4 heteroatoms. The molecule has 0 saturated heterocycles. The van der Waals surface area contributed by atoms with Gasteiger partial charge in [-0.05, 0) is 42.6 Å². The van der Waals surface area contributed by atoms with E-state index < -0.39 is 0 Å². The summed E-state index contributed by atoms with van der Waals surface area (Å²) in [7, 11) is 0. The van der Waals surface area contributed by atoms with Crippen LogP contribution in [0.3, 0.4) is 0 Å². The molecule has 0 unspecified atom stereocenters. The average molecular weight is 300 g/mol. The number of aromatic nitrogens is 2.